The van der Waals surface area contributed by atoms with Crippen molar-refractivity contribution in [1.82, 2.24) is 0 Å². The van der Waals surface area contributed by atoms with Crippen molar-refractivity contribution in [3.63, 3.8) is 0 Å². The minimum absolute atomic E-state index is 0.162. The summed E-state index contributed by atoms with van der Waals surface area (Å²) in [5, 5.41) is 2.87. The van der Waals surface area contributed by atoms with Crippen LogP contribution in [0.25, 0.3) is 0 Å². The van der Waals surface area contributed by atoms with Crippen molar-refractivity contribution >= 4 is 39.3 Å². The van der Waals surface area contributed by atoms with Crippen LogP contribution in [0.4, 0.5) is 5.69 Å². The number of halogens is 1. The van der Waals surface area contributed by atoms with Crippen molar-refractivity contribution in [2.24, 2.45) is 0 Å². The Morgan fingerprint density at radius 3 is 2.17 bits per heavy atom. The fourth-order valence-corrected chi connectivity index (χ4v) is 3.14. The molecule has 0 aliphatic carbocycles. The molecule has 5 heteroatoms. The summed E-state index contributed by atoms with van der Waals surface area (Å²) in [6.07, 6.45) is 1.52. The van der Waals surface area contributed by atoms with Gasteiger partial charge in [-0.2, -0.15) is 0 Å². The van der Waals surface area contributed by atoms with Gasteiger partial charge in [-0.3, -0.25) is 4.79 Å². The second-order valence-corrected chi connectivity index (χ2v) is 6.99. The molecular formula is C18H14BrNO2S. The van der Waals surface area contributed by atoms with Gasteiger partial charge in [0.05, 0.1) is 11.8 Å². The first-order valence-electron chi connectivity index (χ1n) is 7.01. The molecular weight excluding hydrogens is 374 g/mol. The molecule has 0 unspecified atom stereocenters. The van der Waals surface area contributed by atoms with E-state index in [0.29, 0.717) is 11.3 Å². The second kappa shape index (κ2) is 7.06. The molecule has 0 bridgehead atoms. The highest BCUT2D eigenvalue weighted by Gasteiger charge is 2.11. The Kier molecular flexibility index (Phi) is 4.88. The molecule has 0 fully saturated rings. The van der Waals surface area contributed by atoms with Crippen molar-refractivity contribution in [1.29, 1.82) is 0 Å². The van der Waals surface area contributed by atoms with E-state index in [9.17, 15) is 4.79 Å². The van der Waals surface area contributed by atoms with E-state index in [-0.39, 0.29) is 5.91 Å². The molecule has 116 valence electrons. The van der Waals surface area contributed by atoms with Crippen LogP contribution in [0.5, 0.6) is 0 Å². The van der Waals surface area contributed by atoms with Crippen molar-refractivity contribution in [2.45, 2.75) is 16.7 Å². The number of benzene rings is 2. The summed E-state index contributed by atoms with van der Waals surface area (Å²) < 4.78 is 6.21. The Labute approximate surface area is 147 Å². The number of anilines is 1. The number of furan rings is 1. The zero-order chi connectivity index (χ0) is 16.2. The van der Waals surface area contributed by atoms with Crippen molar-refractivity contribution in [2.75, 3.05) is 5.32 Å². The Balaban J connectivity index is 1.66. The number of hydrogen-bond donors (Lipinski definition) is 1. The number of nitrogens with one attached hydrogen (secondary N) is 1. The second-order valence-electron chi connectivity index (χ2n) is 4.92. The highest BCUT2D eigenvalue weighted by molar-refractivity contribution is 9.10. The minimum Gasteiger partial charge on any atom is -0.469 e. The molecule has 3 nitrogen and oxygen atoms in total. The largest absolute Gasteiger partial charge is 0.469 e. The first-order chi connectivity index (χ1) is 11.1. The molecule has 0 aliphatic rings. The number of amides is 1. The zero-order valence-corrected chi connectivity index (χ0v) is 14.8. The topological polar surface area (TPSA) is 42.2 Å². The van der Waals surface area contributed by atoms with Crippen molar-refractivity contribution in [3.8, 4) is 0 Å². The number of carbonyl (C=O) groups is 1. The van der Waals surface area contributed by atoms with E-state index in [4.69, 9.17) is 4.42 Å². The molecule has 2 aromatic carbocycles. The predicted octanol–water partition coefficient (Wildman–Crippen LogP) is 5.75. The number of hydrogen-bond acceptors (Lipinski definition) is 3. The minimum atomic E-state index is -0.162. The maximum absolute atomic E-state index is 12.1. The molecule has 0 saturated heterocycles. The molecule has 3 aromatic rings. The number of carbonyl (C=O) groups excluding carboxylic acids is 1. The summed E-state index contributed by atoms with van der Waals surface area (Å²) in [5.41, 5.74) is 1.31. The lowest BCUT2D eigenvalue weighted by molar-refractivity contribution is 0.102. The van der Waals surface area contributed by atoms with Crippen molar-refractivity contribution < 1.29 is 9.21 Å². The van der Waals surface area contributed by atoms with Gasteiger partial charge in [-0.15, -0.1) is 0 Å². The summed E-state index contributed by atoms with van der Waals surface area (Å²) in [6, 6.07) is 17.6. The van der Waals surface area contributed by atoms with Crippen LogP contribution in [0.2, 0.25) is 0 Å². The molecule has 0 atom stereocenters. The predicted molar refractivity (Wildman–Crippen MR) is 96.1 cm³/mol. The van der Waals surface area contributed by atoms with Gasteiger partial charge in [-0.1, -0.05) is 27.7 Å². The van der Waals surface area contributed by atoms with E-state index >= 15 is 0 Å². The molecule has 0 radical (unpaired) electrons. The van der Waals surface area contributed by atoms with Gasteiger partial charge >= 0.3 is 0 Å². The molecule has 1 aromatic heterocycles. The standard InChI is InChI=1S/C18H14BrNO2S/c1-12-17(10-11-22-12)18(21)20-14-4-8-16(9-5-14)23-15-6-2-13(19)3-7-15/h2-11H,1H3,(H,20,21). The fraction of sp³-hybridized carbons (Fsp3) is 0.0556. The first-order valence-corrected chi connectivity index (χ1v) is 8.62. The Morgan fingerprint density at radius 2 is 1.61 bits per heavy atom. The van der Waals surface area contributed by atoms with E-state index in [2.05, 4.69) is 33.4 Å². The third-order valence-corrected chi connectivity index (χ3v) is 4.81. The average Bonchev–Trinajstić information content (AvgIpc) is 2.98. The third-order valence-electron chi connectivity index (χ3n) is 3.26. The summed E-state index contributed by atoms with van der Waals surface area (Å²) >= 11 is 5.10. The van der Waals surface area contributed by atoms with Gasteiger partial charge in [-0.25, -0.2) is 0 Å². The summed E-state index contributed by atoms with van der Waals surface area (Å²) in [4.78, 5) is 14.4. The maximum Gasteiger partial charge on any atom is 0.259 e. The van der Waals surface area contributed by atoms with E-state index in [1.807, 2.05) is 36.4 Å². The lowest BCUT2D eigenvalue weighted by atomic mass is 10.2. The molecule has 0 aliphatic heterocycles. The van der Waals surface area contributed by atoms with Gasteiger partial charge in [0.1, 0.15) is 5.76 Å². The van der Waals surface area contributed by atoms with Crippen LogP contribution in [0.15, 0.2) is 79.5 Å². The zero-order valence-electron chi connectivity index (χ0n) is 12.4. The summed E-state index contributed by atoms with van der Waals surface area (Å²) in [6.45, 7) is 1.77. The van der Waals surface area contributed by atoms with Crippen LogP contribution < -0.4 is 5.32 Å². The number of rotatable bonds is 4. The third kappa shape index (κ3) is 4.06. The van der Waals surface area contributed by atoms with Gasteiger partial charge in [-0.05, 0) is 61.5 Å². The van der Waals surface area contributed by atoms with Crippen LogP contribution in [0.1, 0.15) is 16.1 Å². The fourth-order valence-electron chi connectivity index (χ4n) is 2.06. The molecule has 23 heavy (non-hydrogen) atoms. The summed E-state index contributed by atoms with van der Waals surface area (Å²) in [5.74, 6) is 0.453. The molecule has 1 N–H and O–H groups in total. The van der Waals surface area contributed by atoms with E-state index in [1.165, 1.54) is 11.2 Å². The van der Waals surface area contributed by atoms with Crippen LogP contribution in [0, 0.1) is 6.92 Å². The average molecular weight is 388 g/mol. The van der Waals surface area contributed by atoms with Crippen molar-refractivity contribution in [3.05, 3.63) is 76.7 Å². The molecule has 1 amide bonds. The van der Waals surface area contributed by atoms with Gasteiger partial charge in [0.25, 0.3) is 5.91 Å². The molecule has 0 saturated carbocycles. The lowest BCUT2D eigenvalue weighted by Crippen LogP contribution is -2.11. The monoisotopic (exact) mass is 387 g/mol. The quantitative estimate of drug-likeness (QED) is 0.619. The van der Waals surface area contributed by atoms with Gasteiger partial charge in [0.15, 0.2) is 0 Å². The van der Waals surface area contributed by atoms with Crippen LogP contribution in [-0.4, -0.2) is 5.91 Å². The van der Waals surface area contributed by atoms with E-state index < -0.39 is 0 Å². The maximum atomic E-state index is 12.1. The van der Waals surface area contributed by atoms with Gasteiger partial charge in [0.2, 0.25) is 0 Å². The highest BCUT2D eigenvalue weighted by Crippen LogP contribution is 2.29. The van der Waals surface area contributed by atoms with Gasteiger partial charge in [0, 0.05) is 20.0 Å². The lowest BCUT2D eigenvalue weighted by Gasteiger charge is -2.06. The normalized spacial score (nSPS) is 10.5. The molecule has 1 heterocycles. The van der Waals surface area contributed by atoms with Crippen LogP contribution in [-0.2, 0) is 0 Å². The smallest absolute Gasteiger partial charge is 0.259 e. The van der Waals surface area contributed by atoms with E-state index in [0.717, 1.165) is 15.1 Å². The van der Waals surface area contributed by atoms with Crippen LogP contribution >= 0.6 is 27.7 Å². The molecule has 0 spiro atoms. The van der Waals surface area contributed by atoms with E-state index in [1.54, 1.807) is 24.8 Å². The Morgan fingerprint density at radius 1 is 1.00 bits per heavy atom. The first kappa shape index (κ1) is 15.9. The summed E-state index contributed by atoms with van der Waals surface area (Å²) in [7, 11) is 0. The van der Waals surface area contributed by atoms with Gasteiger partial charge < -0.3 is 9.73 Å². The Hall–Kier alpha value is -1.98. The molecule has 3 rings (SSSR count). The number of aryl methyl sites for hydroxylation is 1. The highest BCUT2D eigenvalue weighted by atomic mass is 79.9. The van der Waals surface area contributed by atoms with Crippen LogP contribution in [0.3, 0.4) is 0 Å². The SMILES string of the molecule is Cc1occc1C(=O)Nc1ccc(Sc2ccc(Br)cc2)cc1. The Bertz CT molecular complexity index is 810.